The largest absolute Gasteiger partial charge is 0.481 e. The molecule has 164 valence electrons. The third-order valence-electron chi connectivity index (χ3n) is 4.32. The van der Waals surface area contributed by atoms with Gasteiger partial charge in [-0.2, -0.15) is 26.3 Å². The van der Waals surface area contributed by atoms with E-state index in [9.17, 15) is 31.1 Å². The van der Waals surface area contributed by atoms with Gasteiger partial charge in [0.15, 0.2) is 5.82 Å². The van der Waals surface area contributed by atoms with Gasteiger partial charge >= 0.3 is 12.4 Å². The molecule has 1 aromatic heterocycles. The van der Waals surface area contributed by atoms with Gasteiger partial charge in [-0.15, -0.1) is 5.10 Å². The minimum absolute atomic E-state index is 0.0229. The van der Waals surface area contributed by atoms with Gasteiger partial charge in [-0.25, -0.2) is 9.67 Å². The molecule has 1 aliphatic rings. The molecule has 0 saturated carbocycles. The Morgan fingerprint density at radius 1 is 1.13 bits per heavy atom. The van der Waals surface area contributed by atoms with Crippen LogP contribution in [0.2, 0.25) is 0 Å². The van der Waals surface area contributed by atoms with Crippen molar-refractivity contribution in [2.45, 2.75) is 12.4 Å². The standard InChI is InChI=1S/C19H14F6N4O2/c1-31-16-3-2-11(7-26-16)13(9-30)8-29-10-27-17(28-29)12-4-14(18(20,21)22)6-15(5-12)19(23,24)25/h2-6,8-11H,7H2,1H3/b13-8-. The second-order valence-corrected chi connectivity index (χ2v) is 6.44. The summed E-state index contributed by atoms with van der Waals surface area (Å²) in [5.41, 5.74) is -3.19. The van der Waals surface area contributed by atoms with Crippen LogP contribution in [0.15, 0.2) is 47.2 Å². The lowest BCUT2D eigenvalue weighted by atomic mass is 9.99. The van der Waals surface area contributed by atoms with Crippen LogP contribution in [-0.4, -0.2) is 40.6 Å². The Labute approximate surface area is 171 Å². The molecule has 0 bridgehead atoms. The van der Waals surface area contributed by atoms with Crippen molar-refractivity contribution >= 4 is 18.4 Å². The fourth-order valence-electron chi connectivity index (χ4n) is 2.77. The number of ether oxygens (including phenoxy) is 1. The van der Waals surface area contributed by atoms with Gasteiger partial charge in [-0.3, -0.25) is 9.79 Å². The number of aliphatic imine (C=N–C) groups is 1. The number of halogens is 6. The van der Waals surface area contributed by atoms with Crippen LogP contribution in [0.4, 0.5) is 26.3 Å². The van der Waals surface area contributed by atoms with E-state index in [0.717, 1.165) is 11.0 Å². The maximum atomic E-state index is 13.0. The van der Waals surface area contributed by atoms with Crippen LogP contribution in [0.25, 0.3) is 17.6 Å². The second kappa shape index (κ2) is 8.36. The van der Waals surface area contributed by atoms with Crippen LogP contribution >= 0.6 is 0 Å². The summed E-state index contributed by atoms with van der Waals surface area (Å²) >= 11 is 0. The lowest BCUT2D eigenvalue weighted by molar-refractivity contribution is -0.143. The monoisotopic (exact) mass is 444 g/mol. The van der Waals surface area contributed by atoms with E-state index in [1.165, 1.54) is 13.3 Å². The number of aromatic nitrogens is 3. The van der Waals surface area contributed by atoms with Gasteiger partial charge < -0.3 is 4.74 Å². The molecule has 12 heteroatoms. The number of methoxy groups -OCH3 is 1. The highest BCUT2D eigenvalue weighted by Gasteiger charge is 2.37. The number of carbonyl (C=O) groups is 1. The highest BCUT2D eigenvalue weighted by atomic mass is 19.4. The molecular formula is C19H14F6N4O2. The number of nitrogens with zero attached hydrogens (tertiary/aromatic N) is 4. The molecule has 0 radical (unpaired) electrons. The Hall–Kier alpha value is -3.44. The average molecular weight is 444 g/mol. The van der Waals surface area contributed by atoms with Crippen molar-refractivity contribution in [3.63, 3.8) is 0 Å². The molecule has 1 aliphatic heterocycles. The first kappa shape index (κ1) is 22.2. The quantitative estimate of drug-likeness (QED) is 0.402. The number of aldehydes is 1. The zero-order valence-electron chi connectivity index (χ0n) is 15.8. The molecule has 1 atom stereocenters. The number of dihydropyridines is 1. The number of hydrogen-bond donors (Lipinski definition) is 0. The van der Waals surface area contributed by atoms with E-state index in [-0.39, 0.29) is 24.0 Å². The highest BCUT2D eigenvalue weighted by Crippen LogP contribution is 2.38. The molecule has 0 saturated heterocycles. The van der Waals surface area contributed by atoms with Gasteiger partial charge in [0.25, 0.3) is 0 Å². The third kappa shape index (κ3) is 5.19. The molecule has 2 heterocycles. The van der Waals surface area contributed by atoms with Crippen LogP contribution < -0.4 is 0 Å². The van der Waals surface area contributed by atoms with E-state index in [1.807, 2.05) is 0 Å². The summed E-state index contributed by atoms with van der Waals surface area (Å²) in [5.74, 6) is -0.388. The van der Waals surface area contributed by atoms with Gasteiger partial charge in [-0.05, 0) is 24.3 Å². The van der Waals surface area contributed by atoms with Crippen molar-refractivity contribution < 1.29 is 35.9 Å². The van der Waals surface area contributed by atoms with E-state index in [0.29, 0.717) is 24.3 Å². The summed E-state index contributed by atoms with van der Waals surface area (Å²) in [6.07, 6.45) is -3.84. The molecule has 6 nitrogen and oxygen atoms in total. The predicted molar refractivity (Wildman–Crippen MR) is 97.7 cm³/mol. The number of carbonyl (C=O) groups excluding carboxylic acids is 1. The lowest BCUT2D eigenvalue weighted by Crippen LogP contribution is -2.14. The van der Waals surface area contributed by atoms with Crippen LogP contribution in [0.3, 0.4) is 0 Å². The van der Waals surface area contributed by atoms with Crippen molar-refractivity contribution in [2.75, 3.05) is 13.7 Å². The summed E-state index contributed by atoms with van der Waals surface area (Å²) in [5, 5.41) is 3.89. The van der Waals surface area contributed by atoms with E-state index in [1.54, 1.807) is 12.2 Å². The van der Waals surface area contributed by atoms with Gasteiger partial charge in [0.1, 0.15) is 12.6 Å². The van der Waals surface area contributed by atoms with Crippen molar-refractivity contribution in [1.29, 1.82) is 0 Å². The summed E-state index contributed by atoms with van der Waals surface area (Å²) in [4.78, 5) is 19.3. The van der Waals surface area contributed by atoms with Crippen LogP contribution in [0.5, 0.6) is 0 Å². The lowest BCUT2D eigenvalue weighted by Gasteiger charge is -2.14. The number of hydrogen-bond acceptors (Lipinski definition) is 5. The van der Waals surface area contributed by atoms with Crippen molar-refractivity contribution in [3.05, 3.63) is 53.4 Å². The first-order valence-electron chi connectivity index (χ1n) is 8.66. The summed E-state index contributed by atoms with van der Waals surface area (Å²) in [6.45, 7) is 0.217. The minimum atomic E-state index is -4.99. The molecule has 0 N–H and O–H groups in total. The fraction of sp³-hybridized carbons (Fsp3) is 0.263. The minimum Gasteiger partial charge on any atom is -0.481 e. The maximum Gasteiger partial charge on any atom is 0.416 e. The Morgan fingerprint density at radius 3 is 2.26 bits per heavy atom. The Bertz CT molecular complexity index is 1030. The Morgan fingerprint density at radius 2 is 1.77 bits per heavy atom. The SMILES string of the molecule is COC1=NCC(/C(C=O)=C\n2cnc(-c3cc(C(F)(F)F)cc(C(F)(F)F)c3)n2)C=C1. The molecule has 0 fully saturated rings. The predicted octanol–water partition coefficient (Wildman–Crippen LogP) is 4.25. The number of benzene rings is 1. The topological polar surface area (TPSA) is 69.4 Å². The van der Waals surface area contributed by atoms with Crippen LogP contribution in [0.1, 0.15) is 11.1 Å². The van der Waals surface area contributed by atoms with Crippen molar-refractivity contribution in [1.82, 2.24) is 14.8 Å². The fourth-order valence-corrected chi connectivity index (χ4v) is 2.77. The molecule has 0 aliphatic carbocycles. The molecule has 3 rings (SSSR count). The molecule has 1 unspecified atom stereocenters. The first-order chi connectivity index (χ1) is 14.5. The molecule has 1 aromatic carbocycles. The summed E-state index contributed by atoms with van der Waals surface area (Å²) in [6, 6.07) is 1.09. The van der Waals surface area contributed by atoms with Crippen LogP contribution in [-0.2, 0) is 21.9 Å². The molecule has 31 heavy (non-hydrogen) atoms. The zero-order chi connectivity index (χ0) is 22.8. The van der Waals surface area contributed by atoms with Crippen molar-refractivity contribution in [3.8, 4) is 11.4 Å². The van der Waals surface area contributed by atoms with Crippen molar-refractivity contribution in [2.24, 2.45) is 10.9 Å². The Balaban J connectivity index is 1.95. The molecule has 0 spiro atoms. The van der Waals surface area contributed by atoms with Crippen LogP contribution in [0, 0.1) is 5.92 Å². The van der Waals surface area contributed by atoms with E-state index in [4.69, 9.17) is 4.74 Å². The summed E-state index contributed by atoms with van der Waals surface area (Å²) in [7, 11) is 1.44. The second-order valence-electron chi connectivity index (χ2n) is 6.44. The molecular weight excluding hydrogens is 430 g/mol. The molecule has 2 aromatic rings. The number of alkyl halides is 6. The first-order valence-corrected chi connectivity index (χ1v) is 8.66. The average Bonchev–Trinajstić information content (AvgIpc) is 3.19. The van der Waals surface area contributed by atoms with Gasteiger partial charge in [-0.1, -0.05) is 6.08 Å². The smallest absolute Gasteiger partial charge is 0.416 e. The van der Waals surface area contributed by atoms with E-state index >= 15 is 0 Å². The number of rotatable bonds is 4. The maximum absolute atomic E-state index is 13.0. The Kier molecular flexibility index (Phi) is 6.00. The van der Waals surface area contributed by atoms with E-state index in [2.05, 4.69) is 15.1 Å². The normalized spacial score (nSPS) is 17.5. The molecule has 0 amide bonds. The summed E-state index contributed by atoms with van der Waals surface area (Å²) < 4.78 is 84.3. The van der Waals surface area contributed by atoms with Gasteiger partial charge in [0.2, 0.25) is 5.90 Å². The third-order valence-corrected chi connectivity index (χ3v) is 4.32. The highest BCUT2D eigenvalue weighted by molar-refractivity contribution is 5.89. The van der Waals surface area contributed by atoms with Gasteiger partial charge in [0.05, 0.1) is 24.8 Å². The van der Waals surface area contributed by atoms with E-state index < -0.39 is 35.0 Å². The zero-order valence-corrected chi connectivity index (χ0v) is 15.8. The van der Waals surface area contributed by atoms with Gasteiger partial charge in [0, 0.05) is 23.3 Å².